The monoisotopic (exact) mass is 338 g/mol. The zero-order valence-corrected chi connectivity index (χ0v) is 14.0. The molecule has 5 heteroatoms. The Kier molecular flexibility index (Phi) is 4.84. The van der Waals surface area contributed by atoms with Gasteiger partial charge < -0.3 is 13.9 Å². The molecule has 0 spiro atoms. The third-order valence-electron chi connectivity index (χ3n) is 3.72. The quantitative estimate of drug-likeness (QED) is 0.523. The molecule has 0 aliphatic heterocycles. The van der Waals surface area contributed by atoms with E-state index < -0.39 is 17.7 Å². The first-order valence-corrected chi connectivity index (χ1v) is 8.05. The molecule has 3 aromatic rings. The van der Waals surface area contributed by atoms with Crippen molar-refractivity contribution in [2.24, 2.45) is 0 Å². The van der Waals surface area contributed by atoms with Gasteiger partial charge in [0, 0.05) is 11.5 Å². The van der Waals surface area contributed by atoms with Crippen LogP contribution >= 0.6 is 0 Å². The van der Waals surface area contributed by atoms with E-state index in [0.717, 1.165) is 10.9 Å². The van der Waals surface area contributed by atoms with E-state index >= 15 is 0 Å². The molecule has 5 nitrogen and oxygen atoms in total. The van der Waals surface area contributed by atoms with E-state index in [1.165, 1.54) is 0 Å². The maximum atomic E-state index is 12.3. The highest BCUT2D eigenvalue weighted by atomic mass is 16.6. The van der Waals surface area contributed by atoms with E-state index in [1.807, 2.05) is 30.3 Å². The maximum Gasteiger partial charge on any atom is 0.347 e. The van der Waals surface area contributed by atoms with Gasteiger partial charge in [0.15, 0.2) is 6.10 Å². The zero-order valence-electron chi connectivity index (χ0n) is 14.0. The molecule has 0 fully saturated rings. The first-order valence-electron chi connectivity index (χ1n) is 8.05. The van der Waals surface area contributed by atoms with E-state index in [9.17, 15) is 9.59 Å². The number of hydrogen-bond acceptors (Lipinski definition) is 5. The first-order chi connectivity index (χ1) is 12.1. The lowest BCUT2D eigenvalue weighted by atomic mass is 10.1. The van der Waals surface area contributed by atoms with Crippen LogP contribution in [0.15, 0.2) is 63.8 Å². The highest BCUT2D eigenvalue weighted by Gasteiger charge is 2.16. The molecule has 0 N–H and O–H groups in total. The zero-order chi connectivity index (χ0) is 17.8. The summed E-state index contributed by atoms with van der Waals surface area (Å²) in [4.78, 5) is 23.9. The molecule has 1 atom stereocenters. The molecule has 0 bridgehead atoms. The molecule has 0 unspecified atom stereocenters. The van der Waals surface area contributed by atoms with Crippen molar-refractivity contribution in [1.29, 1.82) is 0 Å². The Labute approximate surface area is 144 Å². The van der Waals surface area contributed by atoms with Gasteiger partial charge in [-0.3, -0.25) is 0 Å². The second-order valence-electron chi connectivity index (χ2n) is 5.53. The van der Waals surface area contributed by atoms with E-state index in [0.29, 0.717) is 23.5 Å². The highest BCUT2D eigenvalue weighted by molar-refractivity contribution is 5.83. The van der Waals surface area contributed by atoms with Crippen molar-refractivity contribution in [3.8, 4) is 16.9 Å². The lowest BCUT2D eigenvalue weighted by Crippen LogP contribution is -2.26. The average molecular weight is 338 g/mol. The molecular weight excluding hydrogens is 320 g/mol. The minimum atomic E-state index is -0.743. The van der Waals surface area contributed by atoms with Gasteiger partial charge in [-0.25, -0.2) is 9.59 Å². The minimum Gasteiger partial charge on any atom is -0.479 e. The Morgan fingerprint density at radius 2 is 1.88 bits per heavy atom. The molecule has 1 heterocycles. The molecule has 0 saturated heterocycles. The third-order valence-corrected chi connectivity index (χ3v) is 3.72. The molecule has 25 heavy (non-hydrogen) atoms. The van der Waals surface area contributed by atoms with Crippen LogP contribution in [0, 0.1) is 0 Å². The number of fused-ring (bicyclic) bond motifs is 1. The summed E-state index contributed by atoms with van der Waals surface area (Å²) in [5.74, 6) is -0.00728. The van der Waals surface area contributed by atoms with Crippen LogP contribution in [-0.4, -0.2) is 18.7 Å². The van der Waals surface area contributed by atoms with Crippen molar-refractivity contribution in [2.45, 2.75) is 20.0 Å². The fourth-order valence-electron chi connectivity index (χ4n) is 2.50. The molecule has 0 radical (unpaired) electrons. The molecule has 0 saturated carbocycles. The predicted molar refractivity (Wildman–Crippen MR) is 94.6 cm³/mol. The van der Waals surface area contributed by atoms with Gasteiger partial charge in [-0.2, -0.15) is 0 Å². The second kappa shape index (κ2) is 7.21. The Hall–Kier alpha value is -3.08. The number of carbonyl (C=O) groups is 1. The van der Waals surface area contributed by atoms with E-state index in [4.69, 9.17) is 13.9 Å². The van der Waals surface area contributed by atoms with Gasteiger partial charge in [0.1, 0.15) is 11.3 Å². The average Bonchev–Trinajstić information content (AvgIpc) is 2.62. The summed E-state index contributed by atoms with van der Waals surface area (Å²) in [5, 5.41) is 0.773. The molecule has 2 aromatic carbocycles. The molecule has 1 aromatic heterocycles. The summed E-state index contributed by atoms with van der Waals surface area (Å²) < 4.78 is 15.9. The topological polar surface area (TPSA) is 65.7 Å². The lowest BCUT2D eigenvalue weighted by Gasteiger charge is -2.13. The number of benzene rings is 2. The number of carbonyl (C=O) groups excluding carboxylic acids is 1. The Morgan fingerprint density at radius 3 is 2.60 bits per heavy atom. The largest absolute Gasteiger partial charge is 0.479 e. The van der Waals surface area contributed by atoms with Gasteiger partial charge in [-0.15, -0.1) is 0 Å². The van der Waals surface area contributed by atoms with Crippen LogP contribution in [0.1, 0.15) is 13.8 Å². The molecular formula is C20H18O5. The summed E-state index contributed by atoms with van der Waals surface area (Å²) >= 11 is 0. The fraction of sp³-hybridized carbons (Fsp3) is 0.200. The van der Waals surface area contributed by atoms with Crippen molar-refractivity contribution in [2.75, 3.05) is 6.61 Å². The van der Waals surface area contributed by atoms with Gasteiger partial charge in [0.2, 0.25) is 0 Å². The highest BCUT2D eigenvalue weighted by Crippen LogP contribution is 2.25. The molecule has 0 aliphatic rings. The van der Waals surface area contributed by atoms with Crippen LogP contribution in [0.25, 0.3) is 22.1 Å². The normalized spacial score (nSPS) is 11.9. The van der Waals surface area contributed by atoms with Crippen LogP contribution in [0.3, 0.4) is 0 Å². The van der Waals surface area contributed by atoms with Crippen LogP contribution in [0.5, 0.6) is 5.75 Å². The van der Waals surface area contributed by atoms with Crippen molar-refractivity contribution < 1.29 is 18.7 Å². The molecule has 0 aliphatic carbocycles. The van der Waals surface area contributed by atoms with Gasteiger partial charge in [0.05, 0.1) is 12.2 Å². The summed E-state index contributed by atoms with van der Waals surface area (Å²) in [5.41, 5.74) is 1.28. The third kappa shape index (κ3) is 3.71. The first kappa shape index (κ1) is 16.8. The number of esters is 1. The summed E-state index contributed by atoms with van der Waals surface area (Å²) in [6, 6.07) is 16.2. The van der Waals surface area contributed by atoms with Gasteiger partial charge in [0.25, 0.3) is 0 Å². The number of rotatable bonds is 5. The Bertz CT molecular complexity index is 943. The van der Waals surface area contributed by atoms with E-state index in [-0.39, 0.29) is 0 Å². The van der Waals surface area contributed by atoms with Crippen molar-refractivity contribution in [1.82, 2.24) is 0 Å². The SMILES string of the molecule is CCOC(=O)[C@H](C)Oc1ccc2cc(-c3ccccc3)c(=O)oc2c1. The summed E-state index contributed by atoms with van der Waals surface area (Å²) in [6.07, 6.45) is -0.743. The van der Waals surface area contributed by atoms with Gasteiger partial charge >= 0.3 is 11.6 Å². The predicted octanol–water partition coefficient (Wildman–Crippen LogP) is 3.79. The minimum absolute atomic E-state index is 0.293. The smallest absolute Gasteiger partial charge is 0.347 e. The molecule has 128 valence electrons. The van der Waals surface area contributed by atoms with E-state index in [1.54, 1.807) is 38.1 Å². The lowest BCUT2D eigenvalue weighted by molar-refractivity contribution is -0.150. The van der Waals surface area contributed by atoms with Gasteiger partial charge in [-0.1, -0.05) is 30.3 Å². The molecule has 3 rings (SSSR count). The number of ether oxygens (including phenoxy) is 2. The van der Waals surface area contributed by atoms with Crippen molar-refractivity contribution in [3.05, 3.63) is 65.0 Å². The van der Waals surface area contributed by atoms with Crippen LogP contribution in [0.2, 0.25) is 0 Å². The van der Waals surface area contributed by atoms with Gasteiger partial charge in [-0.05, 0) is 37.6 Å². The fourth-order valence-corrected chi connectivity index (χ4v) is 2.50. The van der Waals surface area contributed by atoms with E-state index in [2.05, 4.69) is 0 Å². The van der Waals surface area contributed by atoms with Crippen molar-refractivity contribution in [3.63, 3.8) is 0 Å². The Morgan fingerprint density at radius 1 is 1.12 bits per heavy atom. The van der Waals surface area contributed by atoms with Crippen LogP contribution in [0.4, 0.5) is 0 Å². The number of hydrogen-bond donors (Lipinski definition) is 0. The van der Waals surface area contributed by atoms with Crippen molar-refractivity contribution >= 4 is 16.9 Å². The van der Waals surface area contributed by atoms with Crippen LogP contribution < -0.4 is 10.4 Å². The maximum absolute atomic E-state index is 12.3. The summed E-state index contributed by atoms with van der Waals surface area (Å²) in [7, 11) is 0. The molecule has 0 amide bonds. The Balaban J connectivity index is 1.92. The second-order valence-corrected chi connectivity index (χ2v) is 5.53. The summed E-state index contributed by atoms with van der Waals surface area (Å²) in [6.45, 7) is 3.64. The van der Waals surface area contributed by atoms with Crippen LogP contribution in [-0.2, 0) is 9.53 Å². The standard InChI is InChI=1S/C20H18O5/c1-3-23-19(21)13(2)24-16-10-9-15-11-17(14-7-5-4-6-8-14)20(22)25-18(15)12-16/h4-13H,3H2,1-2H3/t13-/m0/s1.